The van der Waals surface area contributed by atoms with E-state index < -0.39 is 18.0 Å². The van der Waals surface area contributed by atoms with Crippen molar-refractivity contribution in [3.8, 4) is 0 Å². The van der Waals surface area contributed by atoms with Crippen molar-refractivity contribution in [3.63, 3.8) is 0 Å². The molecule has 2 atom stereocenters. The van der Waals surface area contributed by atoms with Gasteiger partial charge in [-0.05, 0) is 60.9 Å². The number of rotatable bonds is 8. The van der Waals surface area contributed by atoms with E-state index >= 15 is 0 Å². The molecule has 2 amide bonds. The molecule has 39 heavy (non-hydrogen) atoms. The lowest BCUT2D eigenvalue weighted by molar-refractivity contribution is -0.140. The first-order chi connectivity index (χ1) is 18.6. The molecule has 1 unspecified atom stereocenters. The molecule has 1 aromatic heterocycles. The lowest BCUT2D eigenvalue weighted by atomic mass is 9.79. The Labute approximate surface area is 229 Å². The monoisotopic (exact) mass is 562 g/mol. The molecule has 1 fully saturated rings. The molecule has 208 valence electrons. The summed E-state index contributed by atoms with van der Waals surface area (Å²) in [5.74, 6) is -0.234. The highest BCUT2D eigenvalue weighted by atomic mass is 35.5. The van der Waals surface area contributed by atoms with Gasteiger partial charge in [0, 0.05) is 35.1 Å². The normalized spacial score (nSPS) is 17.5. The number of hydrogen-bond donors (Lipinski definition) is 3. The lowest BCUT2D eigenvalue weighted by Gasteiger charge is -2.31. The van der Waals surface area contributed by atoms with Crippen LogP contribution >= 0.6 is 11.6 Å². The Kier molecular flexibility index (Phi) is 9.16. The molecule has 0 spiro atoms. The van der Waals surface area contributed by atoms with E-state index in [4.69, 9.17) is 22.1 Å². The van der Waals surface area contributed by atoms with E-state index in [2.05, 4.69) is 15.6 Å². The maximum Gasteiger partial charge on any atom is 0.433 e. The van der Waals surface area contributed by atoms with Gasteiger partial charge in [0.2, 0.25) is 5.91 Å². The number of pyridine rings is 1. The molecule has 0 radical (unpaired) electrons. The zero-order valence-corrected chi connectivity index (χ0v) is 21.9. The number of hydrogen-bond acceptors (Lipinski definition) is 5. The molecule has 0 aliphatic heterocycles. The molecule has 1 heterocycles. The van der Waals surface area contributed by atoms with Gasteiger partial charge in [-0.15, -0.1) is 0 Å². The number of carbonyl (C=O) groups excluding carboxylic acids is 2. The van der Waals surface area contributed by atoms with Gasteiger partial charge >= 0.3 is 12.3 Å². The number of nitrogens with two attached hydrogens (primary N) is 1. The predicted molar refractivity (Wildman–Crippen MR) is 143 cm³/mol. The smallest absolute Gasteiger partial charge is 0.433 e. The molecule has 4 N–H and O–H groups in total. The Morgan fingerprint density at radius 3 is 2.64 bits per heavy atom. The third kappa shape index (κ3) is 7.53. The molecule has 3 aromatic rings. The van der Waals surface area contributed by atoms with Gasteiger partial charge in [-0.3, -0.25) is 4.79 Å². The second-order valence-corrected chi connectivity index (χ2v) is 10.1. The number of amides is 2. The van der Waals surface area contributed by atoms with E-state index in [0.717, 1.165) is 30.9 Å². The number of nitrogen functional groups attached to an aromatic ring is 1. The van der Waals surface area contributed by atoms with Crippen LogP contribution in [0.3, 0.4) is 0 Å². The van der Waals surface area contributed by atoms with Gasteiger partial charge in [0.25, 0.3) is 0 Å². The minimum Gasteiger partial charge on any atom is -0.445 e. The van der Waals surface area contributed by atoms with Crippen molar-refractivity contribution in [2.45, 2.75) is 63.3 Å². The van der Waals surface area contributed by atoms with Gasteiger partial charge in [-0.2, -0.15) is 13.2 Å². The quantitative estimate of drug-likeness (QED) is 0.278. The average Bonchev–Trinajstić information content (AvgIpc) is 2.90. The minimum absolute atomic E-state index is 0.0224. The summed E-state index contributed by atoms with van der Waals surface area (Å²) in [7, 11) is 0. The first-order valence-electron chi connectivity index (χ1n) is 12.8. The number of benzene rings is 2. The fourth-order valence-electron chi connectivity index (χ4n) is 5.00. The number of aromatic nitrogens is 1. The van der Waals surface area contributed by atoms with Gasteiger partial charge in [0.15, 0.2) is 0 Å². The number of ether oxygens (including phenoxy) is 1. The van der Waals surface area contributed by atoms with Gasteiger partial charge < -0.3 is 21.1 Å². The maximum absolute atomic E-state index is 13.2. The number of carbonyl (C=O) groups is 2. The summed E-state index contributed by atoms with van der Waals surface area (Å²) in [4.78, 5) is 28.2. The number of halogens is 4. The van der Waals surface area contributed by atoms with E-state index in [0.29, 0.717) is 35.4 Å². The van der Waals surface area contributed by atoms with Crippen LogP contribution in [0.25, 0.3) is 10.9 Å². The Bertz CT molecular complexity index is 1320. The van der Waals surface area contributed by atoms with Gasteiger partial charge in [-0.25, -0.2) is 9.78 Å². The van der Waals surface area contributed by atoms with E-state index in [1.54, 1.807) is 6.07 Å². The number of nitrogens with zero attached hydrogens (tertiary/aromatic N) is 1. The summed E-state index contributed by atoms with van der Waals surface area (Å²) in [5, 5.41) is 6.52. The van der Waals surface area contributed by atoms with E-state index in [9.17, 15) is 22.8 Å². The number of alkyl carbamates (subject to hydrolysis) is 1. The van der Waals surface area contributed by atoms with Crippen molar-refractivity contribution < 1.29 is 27.5 Å². The molecule has 1 aliphatic carbocycles. The Balaban J connectivity index is 1.30. The summed E-state index contributed by atoms with van der Waals surface area (Å²) in [6.45, 7) is 0.466. The van der Waals surface area contributed by atoms with Crippen molar-refractivity contribution in [2.24, 2.45) is 0 Å². The standard InChI is InChI=1S/C28H30ClF3N4O3/c29-20-11-12-22-26(21(33)15-23(36-22)28(30,31)32)25(20)18-8-4-9-19(14-18)35-24(37)10-5-13-34-27(38)39-16-17-6-2-1-3-7-17/h1-3,6-7,11-12,15,18-19H,4-5,8-10,13-14,16H2,(H2,33,36)(H,34,38)(H,35,37)/t18?,19-/m0/s1. The molecule has 2 aromatic carbocycles. The van der Waals surface area contributed by atoms with Crippen LogP contribution in [-0.2, 0) is 22.3 Å². The molecule has 0 bridgehead atoms. The van der Waals surface area contributed by atoms with Crippen LogP contribution in [0, 0.1) is 0 Å². The highest BCUT2D eigenvalue weighted by Gasteiger charge is 2.34. The SMILES string of the molecule is Nc1cc(C(F)(F)F)nc2ccc(Cl)c(C3CCC[C@H](NC(=O)CCCNC(=O)OCc4ccccc4)C3)c12. The van der Waals surface area contributed by atoms with Gasteiger partial charge in [-0.1, -0.05) is 48.4 Å². The minimum atomic E-state index is -4.61. The maximum atomic E-state index is 13.2. The van der Waals surface area contributed by atoms with Crippen molar-refractivity contribution in [1.29, 1.82) is 0 Å². The van der Waals surface area contributed by atoms with Crippen molar-refractivity contribution in [3.05, 3.63) is 70.4 Å². The van der Waals surface area contributed by atoms with Crippen LogP contribution in [0.2, 0.25) is 5.02 Å². The van der Waals surface area contributed by atoms with Crippen LogP contribution in [0.5, 0.6) is 0 Å². The van der Waals surface area contributed by atoms with Gasteiger partial charge in [0.1, 0.15) is 12.3 Å². The van der Waals surface area contributed by atoms with E-state index in [1.807, 2.05) is 30.3 Å². The van der Waals surface area contributed by atoms with Crippen molar-refractivity contribution in [1.82, 2.24) is 15.6 Å². The summed E-state index contributed by atoms with van der Waals surface area (Å²) >= 11 is 6.52. The Morgan fingerprint density at radius 2 is 1.90 bits per heavy atom. The van der Waals surface area contributed by atoms with Crippen LogP contribution in [0.15, 0.2) is 48.5 Å². The van der Waals surface area contributed by atoms with Crippen molar-refractivity contribution >= 4 is 40.2 Å². The van der Waals surface area contributed by atoms with Crippen LogP contribution in [0.1, 0.15) is 61.3 Å². The molecule has 4 rings (SSSR count). The number of anilines is 1. The number of fused-ring (bicyclic) bond motifs is 1. The third-order valence-corrected chi connectivity index (χ3v) is 7.12. The molecule has 7 nitrogen and oxygen atoms in total. The fraction of sp³-hybridized carbons (Fsp3) is 0.393. The summed E-state index contributed by atoms with van der Waals surface area (Å²) in [6.07, 6.45) is -1.55. The predicted octanol–water partition coefficient (Wildman–Crippen LogP) is 6.34. The van der Waals surface area contributed by atoms with Crippen molar-refractivity contribution in [2.75, 3.05) is 12.3 Å². The van der Waals surface area contributed by atoms with Crippen LogP contribution in [-0.4, -0.2) is 29.6 Å². The largest absolute Gasteiger partial charge is 0.445 e. The molecular weight excluding hydrogens is 533 g/mol. The Morgan fingerprint density at radius 1 is 1.13 bits per heavy atom. The molecular formula is C28H30ClF3N4O3. The third-order valence-electron chi connectivity index (χ3n) is 6.79. The van der Waals surface area contributed by atoms with E-state index in [1.165, 1.54) is 6.07 Å². The first kappa shape index (κ1) is 28.5. The number of alkyl halides is 3. The summed E-state index contributed by atoms with van der Waals surface area (Å²) < 4.78 is 44.9. The Hall–Kier alpha value is -3.53. The lowest BCUT2D eigenvalue weighted by Crippen LogP contribution is -2.38. The summed E-state index contributed by atoms with van der Waals surface area (Å²) in [5.41, 5.74) is 6.70. The van der Waals surface area contributed by atoms with Crippen LogP contribution < -0.4 is 16.4 Å². The summed E-state index contributed by atoms with van der Waals surface area (Å²) in [6, 6.07) is 13.0. The fourth-order valence-corrected chi connectivity index (χ4v) is 5.31. The second-order valence-electron chi connectivity index (χ2n) is 9.67. The molecule has 1 aliphatic rings. The molecule has 1 saturated carbocycles. The zero-order valence-electron chi connectivity index (χ0n) is 21.2. The highest BCUT2D eigenvalue weighted by Crippen LogP contribution is 2.43. The molecule has 11 heteroatoms. The zero-order chi connectivity index (χ0) is 28.0. The average molecular weight is 563 g/mol. The highest BCUT2D eigenvalue weighted by molar-refractivity contribution is 6.32. The van der Waals surface area contributed by atoms with Crippen LogP contribution in [0.4, 0.5) is 23.7 Å². The van der Waals surface area contributed by atoms with Gasteiger partial charge in [0.05, 0.1) is 5.52 Å². The topological polar surface area (TPSA) is 106 Å². The van der Waals surface area contributed by atoms with E-state index in [-0.39, 0.29) is 42.1 Å². The second kappa shape index (κ2) is 12.5. The molecule has 0 saturated heterocycles. The number of nitrogens with one attached hydrogen (secondary N) is 2. The first-order valence-corrected chi connectivity index (χ1v) is 13.2.